The summed E-state index contributed by atoms with van der Waals surface area (Å²) in [7, 11) is 3.89. The second-order valence-corrected chi connectivity index (χ2v) is 4.96. The first-order valence-corrected chi connectivity index (χ1v) is 6.23. The predicted molar refractivity (Wildman–Crippen MR) is 69.2 cm³/mol. The van der Waals surface area contributed by atoms with Crippen molar-refractivity contribution in [3.8, 4) is 0 Å². The number of aliphatic hydroxyl groups excluding tert-OH is 1. The fourth-order valence-electron chi connectivity index (χ4n) is 1.61. The molecule has 0 saturated carbocycles. The molecule has 1 unspecified atom stereocenters. The fraction of sp³-hybridized carbons (Fsp3) is 0.833. The SMILES string of the molecule is Cc1nnc(CN(C)CC(O)COC(C)C)n1C. The lowest BCUT2D eigenvalue weighted by atomic mass is 10.3. The number of rotatable bonds is 7. The van der Waals surface area contributed by atoms with Gasteiger partial charge in [-0.3, -0.25) is 4.90 Å². The van der Waals surface area contributed by atoms with Gasteiger partial charge in [-0.25, -0.2) is 0 Å². The van der Waals surface area contributed by atoms with Crippen LogP contribution in [0.15, 0.2) is 0 Å². The number of aryl methyl sites for hydroxylation is 1. The van der Waals surface area contributed by atoms with Crippen LogP contribution in [0.25, 0.3) is 0 Å². The molecule has 0 aliphatic heterocycles. The van der Waals surface area contributed by atoms with Crippen molar-refractivity contribution in [1.29, 1.82) is 0 Å². The van der Waals surface area contributed by atoms with E-state index >= 15 is 0 Å². The van der Waals surface area contributed by atoms with Crippen LogP contribution >= 0.6 is 0 Å². The van der Waals surface area contributed by atoms with Crippen LogP contribution in [0, 0.1) is 6.92 Å². The average molecular weight is 256 g/mol. The van der Waals surface area contributed by atoms with Crippen molar-refractivity contribution < 1.29 is 9.84 Å². The number of hydrogen-bond donors (Lipinski definition) is 1. The third-order valence-electron chi connectivity index (χ3n) is 2.74. The molecule has 0 aliphatic carbocycles. The molecule has 1 heterocycles. The minimum Gasteiger partial charge on any atom is -0.389 e. The van der Waals surface area contributed by atoms with E-state index in [0.717, 1.165) is 11.6 Å². The Balaban J connectivity index is 2.37. The van der Waals surface area contributed by atoms with Crippen LogP contribution in [-0.2, 0) is 18.3 Å². The molecule has 0 bridgehead atoms. The van der Waals surface area contributed by atoms with E-state index in [1.807, 2.05) is 44.3 Å². The smallest absolute Gasteiger partial charge is 0.146 e. The van der Waals surface area contributed by atoms with Gasteiger partial charge in [-0.05, 0) is 27.8 Å². The number of likely N-dealkylation sites (N-methyl/N-ethyl adjacent to an activating group) is 1. The van der Waals surface area contributed by atoms with Gasteiger partial charge in [0.1, 0.15) is 11.6 Å². The molecule has 1 rings (SSSR count). The van der Waals surface area contributed by atoms with E-state index in [0.29, 0.717) is 19.7 Å². The summed E-state index contributed by atoms with van der Waals surface area (Å²) in [5.41, 5.74) is 0. The van der Waals surface area contributed by atoms with Crippen LogP contribution in [0.3, 0.4) is 0 Å². The first kappa shape index (κ1) is 15.1. The maximum atomic E-state index is 9.81. The van der Waals surface area contributed by atoms with Crippen molar-refractivity contribution in [2.45, 2.75) is 39.5 Å². The van der Waals surface area contributed by atoms with E-state index in [1.54, 1.807) is 0 Å². The highest BCUT2D eigenvalue weighted by atomic mass is 16.5. The predicted octanol–water partition coefficient (Wildman–Crippen LogP) is 0.341. The highest BCUT2D eigenvalue weighted by Crippen LogP contribution is 2.02. The average Bonchev–Trinajstić information content (AvgIpc) is 2.58. The quantitative estimate of drug-likeness (QED) is 0.762. The summed E-state index contributed by atoms with van der Waals surface area (Å²) >= 11 is 0. The zero-order chi connectivity index (χ0) is 13.7. The normalized spacial score (nSPS) is 13.6. The Morgan fingerprint density at radius 3 is 2.56 bits per heavy atom. The lowest BCUT2D eigenvalue weighted by Gasteiger charge is -2.20. The van der Waals surface area contributed by atoms with Crippen LogP contribution in [0.4, 0.5) is 0 Å². The summed E-state index contributed by atoms with van der Waals surface area (Å²) in [5, 5.41) is 17.9. The topological polar surface area (TPSA) is 63.4 Å². The van der Waals surface area contributed by atoms with Gasteiger partial charge in [-0.1, -0.05) is 0 Å². The van der Waals surface area contributed by atoms with E-state index in [-0.39, 0.29) is 6.10 Å². The molecule has 6 heteroatoms. The molecule has 1 N–H and O–H groups in total. The fourth-order valence-corrected chi connectivity index (χ4v) is 1.61. The molecule has 0 fully saturated rings. The third-order valence-corrected chi connectivity index (χ3v) is 2.74. The summed E-state index contributed by atoms with van der Waals surface area (Å²) in [5.74, 6) is 1.79. The van der Waals surface area contributed by atoms with Crippen LogP contribution in [0.2, 0.25) is 0 Å². The maximum Gasteiger partial charge on any atom is 0.146 e. The molecule has 0 aliphatic rings. The Morgan fingerprint density at radius 2 is 2.06 bits per heavy atom. The van der Waals surface area contributed by atoms with Gasteiger partial charge < -0.3 is 14.4 Å². The molecular formula is C12H24N4O2. The van der Waals surface area contributed by atoms with Crippen LogP contribution in [0.5, 0.6) is 0 Å². The monoisotopic (exact) mass is 256 g/mol. The lowest BCUT2D eigenvalue weighted by molar-refractivity contribution is -0.00665. The van der Waals surface area contributed by atoms with E-state index in [1.165, 1.54) is 0 Å². The maximum absolute atomic E-state index is 9.81. The second kappa shape index (κ2) is 6.82. The largest absolute Gasteiger partial charge is 0.389 e. The van der Waals surface area contributed by atoms with E-state index in [4.69, 9.17) is 4.74 Å². The molecule has 18 heavy (non-hydrogen) atoms. The molecule has 6 nitrogen and oxygen atoms in total. The number of ether oxygens (including phenoxy) is 1. The van der Waals surface area contributed by atoms with Crippen molar-refractivity contribution in [2.24, 2.45) is 7.05 Å². The Hall–Kier alpha value is -0.980. The summed E-state index contributed by atoms with van der Waals surface area (Å²) < 4.78 is 7.32. The summed E-state index contributed by atoms with van der Waals surface area (Å²) in [6.07, 6.45) is -0.335. The molecule has 0 saturated heterocycles. The molecular weight excluding hydrogens is 232 g/mol. The van der Waals surface area contributed by atoms with E-state index < -0.39 is 6.10 Å². The van der Waals surface area contributed by atoms with Gasteiger partial charge in [0.05, 0.1) is 25.4 Å². The van der Waals surface area contributed by atoms with E-state index in [2.05, 4.69) is 10.2 Å². The molecule has 0 amide bonds. The zero-order valence-electron chi connectivity index (χ0n) is 11.9. The summed E-state index contributed by atoms with van der Waals surface area (Å²) in [4.78, 5) is 2.01. The third kappa shape index (κ3) is 4.72. The molecule has 0 spiro atoms. The molecule has 1 aromatic heterocycles. The van der Waals surface area contributed by atoms with Gasteiger partial charge in [-0.15, -0.1) is 10.2 Å². The first-order chi connectivity index (χ1) is 8.40. The standard InChI is InChI=1S/C12H24N4O2/c1-9(2)18-8-11(17)6-15(4)7-12-14-13-10(3)16(12)5/h9,11,17H,6-8H2,1-5H3. The molecule has 0 aromatic carbocycles. The van der Waals surface area contributed by atoms with Crippen molar-refractivity contribution in [2.75, 3.05) is 20.2 Å². The van der Waals surface area contributed by atoms with Crippen LogP contribution in [0.1, 0.15) is 25.5 Å². The van der Waals surface area contributed by atoms with Crippen molar-refractivity contribution in [3.63, 3.8) is 0 Å². The van der Waals surface area contributed by atoms with Crippen molar-refractivity contribution in [3.05, 3.63) is 11.6 Å². The van der Waals surface area contributed by atoms with Gasteiger partial charge in [-0.2, -0.15) is 0 Å². The second-order valence-electron chi connectivity index (χ2n) is 4.96. The molecule has 1 aromatic rings. The van der Waals surface area contributed by atoms with Gasteiger partial charge in [0.15, 0.2) is 0 Å². The Morgan fingerprint density at radius 1 is 1.39 bits per heavy atom. The first-order valence-electron chi connectivity index (χ1n) is 6.23. The number of aliphatic hydroxyl groups is 1. The Kier molecular flexibility index (Phi) is 5.71. The van der Waals surface area contributed by atoms with E-state index in [9.17, 15) is 5.11 Å². The summed E-state index contributed by atoms with van der Waals surface area (Å²) in [6, 6.07) is 0. The van der Waals surface area contributed by atoms with Crippen LogP contribution < -0.4 is 0 Å². The van der Waals surface area contributed by atoms with Gasteiger partial charge in [0.25, 0.3) is 0 Å². The van der Waals surface area contributed by atoms with Gasteiger partial charge in [0.2, 0.25) is 0 Å². The van der Waals surface area contributed by atoms with Gasteiger partial charge >= 0.3 is 0 Å². The van der Waals surface area contributed by atoms with Crippen molar-refractivity contribution >= 4 is 0 Å². The minimum absolute atomic E-state index is 0.145. The highest BCUT2D eigenvalue weighted by molar-refractivity contribution is 4.92. The zero-order valence-corrected chi connectivity index (χ0v) is 11.9. The number of aromatic nitrogens is 3. The Bertz CT molecular complexity index is 365. The highest BCUT2D eigenvalue weighted by Gasteiger charge is 2.12. The molecule has 0 radical (unpaired) electrons. The lowest BCUT2D eigenvalue weighted by Crippen LogP contribution is -2.33. The Labute approximate surface area is 109 Å². The molecule has 1 atom stereocenters. The molecule has 104 valence electrons. The van der Waals surface area contributed by atoms with Crippen molar-refractivity contribution in [1.82, 2.24) is 19.7 Å². The minimum atomic E-state index is -0.480. The summed E-state index contributed by atoms with van der Waals surface area (Å²) in [6.45, 7) is 7.41. The van der Waals surface area contributed by atoms with Crippen LogP contribution in [-0.4, -0.2) is 57.2 Å². The number of nitrogens with zero attached hydrogens (tertiary/aromatic N) is 4. The van der Waals surface area contributed by atoms with Gasteiger partial charge in [0, 0.05) is 13.6 Å². The number of hydrogen-bond acceptors (Lipinski definition) is 5.